The van der Waals surface area contributed by atoms with Crippen LogP contribution in [-0.2, 0) is 4.74 Å². The number of likely N-dealkylation sites (tertiary alicyclic amines) is 1. The molecule has 3 saturated heterocycles. The van der Waals surface area contributed by atoms with Crippen LogP contribution in [0.1, 0.15) is 27.4 Å². The zero-order valence-electron chi connectivity index (χ0n) is 25.3. The standard InChI is InChI=1S/C29H31N9O2S.C2H6.H2/c1-17-20-14-31-38(23(20)11-22(32-17)21-13-30-5-4-24(21)39-3)26-12-25-27(28(33-26)36-6-8-40-9-7-36)34-29(41-25)37-16-18-10-19(37)15-35(18)2;1-2;/h4-5,11-14,18-19H,6-10,15-16H2,1-3H3;1-2H3;1H/t18-,19?;;/m1../s1. The van der Waals surface area contributed by atoms with Gasteiger partial charge in [0.25, 0.3) is 0 Å². The maximum absolute atomic E-state index is 5.67. The Bertz CT molecular complexity index is 1790. The number of rotatable bonds is 5. The molecule has 8 rings (SSSR count). The van der Waals surface area contributed by atoms with Crippen LogP contribution in [0, 0.1) is 6.92 Å². The Balaban J connectivity index is 0.00000112. The number of thiazole rings is 1. The molecule has 5 aromatic heterocycles. The van der Waals surface area contributed by atoms with Crippen molar-refractivity contribution in [1.82, 2.24) is 34.6 Å². The van der Waals surface area contributed by atoms with Gasteiger partial charge >= 0.3 is 0 Å². The molecule has 2 atom stereocenters. The van der Waals surface area contributed by atoms with Crippen molar-refractivity contribution in [2.45, 2.75) is 39.3 Å². The quantitative estimate of drug-likeness (QED) is 0.279. The van der Waals surface area contributed by atoms with Crippen molar-refractivity contribution < 1.29 is 10.9 Å². The molecule has 43 heavy (non-hydrogen) atoms. The van der Waals surface area contributed by atoms with E-state index in [-0.39, 0.29) is 1.43 Å². The molecule has 0 saturated carbocycles. The monoisotopic (exact) mass is 601 g/mol. The zero-order valence-corrected chi connectivity index (χ0v) is 26.1. The summed E-state index contributed by atoms with van der Waals surface area (Å²) >= 11 is 1.76. The largest absolute Gasteiger partial charge is 0.496 e. The summed E-state index contributed by atoms with van der Waals surface area (Å²) in [5.74, 6) is 2.39. The van der Waals surface area contributed by atoms with Crippen LogP contribution < -0.4 is 14.5 Å². The van der Waals surface area contributed by atoms with Crippen LogP contribution in [0.15, 0.2) is 36.8 Å². The number of pyridine rings is 3. The second-order valence-electron chi connectivity index (χ2n) is 11.0. The van der Waals surface area contributed by atoms with E-state index in [1.807, 2.05) is 43.8 Å². The Morgan fingerprint density at radius 2 is 1.88 bits per heavy atom. The second kappa shape index (κ2) is 11.3. The second-order valence-corrected chi connectivity index (χ2v) is 12.0. The molecule has 0 radical (unpaired) electrons. The third-order valence-electron chi connectivity index (χ3n) is 8.66. The highest BCUT2D eigenvalue weighted by atomic mass is 32.1. The average molecular weight is 602 g/mol. The van der Waals surface area contributed by atoms with Crippen molar-refractivity contribution in [2.75, 3.05) is 63.4 Å². The SMILES string of the molecule is CC.COc1ccncc1-c1cc2c(cnn2-c2cc3sc(N4C[C@H]5CC4CN5C)nc3c(N3CCOCC3)n2)c(C)n1.[HH]. The lowest BCUT2D eigenvalue weighted by molar-refractivity contribution is 0.122. The van der Waals surface area contributed by atoms with Crippen LogP contribution in [0.4, 0.5) is 10.9 Å². The molecule has 5 aromatic rings. The molecule has 0 aliphatic carbocycles. The fraction of sp³-hybridized carbons (Fsp3) is 0.452. The highest BCUT2D eigenvalue weighted by Gasteiger charge is 2.42. The number of methoxy groups -OCH3 is 1. The zero-order chi connectivity index (χ0) is 29.7. The number of likely N-dealkylation sites (N-methyl/N-ethyl adjacent to an activating group) is 1. The van der Waals surface area contributed by atoms with Gasteiger partial charge in [0.05, 0.1) is 48.0 Å². The third-order valence-corrected chi connectivity index (χ3v) is 9.70. The lowest BCUT2D eigenvalue weighted by atomic mass is 10.1. The molecule has 3 fully saturated rings. The van der Waals surface area contributed by atoms with Crippen molar-refractivity contribution >= 4 is 43.4 Å². The van der Waals surface area contributed by atoms with E-state index in [2.05, 4.69) is 32.8 Å². The molecular weight excluding hydrogens is 562 g/mol. The fourth-order valence-electron chi connectivity index (χ4n) is 6.47. The van der Waals surface area contributed by atoms with Gasteiger partial charge < -0.3 is 19.3 Å². The smallest absolute Gasteiger partial charge is 0.186 e. The maximum Gasteiger partial charge on any atom is 0.186 e. The summed E-state index contributed by atoms with van der Waals surface area (Å²) in [6, 6.07) is 7.17. The molecule has 11 nitrogen and oxygen atoms in total. The molecule has 12 heteroatoms. The lowest BCUT2D eigenvalue weighted by Crippen LogP contribution is -2.44. The van der Waals surface area contributed by atoms with Gasteiger partial charge in [-0.25, -0.2) is 14.6 Å². The molecule has 226 valence electrons. The Morgan fingerprint density at radius 1 is 1.05 bits per heavy atom. The number of ether oxygens (including phenoxy) is 2. The van der Waals surface area contributed by atoms with Crippen LogP contribution in [0.2, 0.25) is 0 Å². The average Bonchev–Trinajstić information content (AvgIpc) is 3.84. The van der Waals surface area contributed by atoms with E-state index in [0.717, 1.165) is 86.8 Å². The summed E-state index contributed by atoms with van der Waals surface area (Å²) in [4.78, 5) is 26.9. The minimum Gasteiger partial charge on any atom is -0.496 e. The van der Waals surface area contributed by atoms with Crippen molar-refractivity contribution in [2.24, 2.45) is 0 Å². The topological polar surface area (TPSA) is 97.6 Å². The van der Waals surface area contributed by atoms with Crippen molar-refractivity contribution in [3.8, 4) is 22.8 Å². The van der Waals surface area contributed by atoms with Gasteiger partial charge in [-0.05, 0) is 32.5 Å². The molecule has 3 aliphatic heterocycles. The minimum atomic E-state index is 0. The van der Waals surface area contributed by atoms with Crippen molar-refractivity contribution in [3.63, 3.8) is 0 Å². The van der Waals surface area contributed by atoms with E-state index in [9.17, 15) is 0 Å². The molecule has 3 aliphatic rings. The number of fused-ring (bicyclic) bond motifs is 4. The van der Waals surface area contributed by atoms with Crippen molar-refractivity contribution in [3.05, 3.63) is 42.5 Å². The van der Waals surface area contributed by atoms with Crippen molar-refractivity contribution in [1.29, 1.82) is 0 Å². The lowest BCUT2D eigenvalue weighted by Gasteiger charge is -2.31. The number of nitrogens with zero attached hydrogens (tertiary/aromatic N) is 9. The van der Waals surface area contributed by atoms with Crippen LogP contribution in [0.25, 0.3) is 38.2 Å². The van der Waals surface area contributed by atoms with E-state index in [4.69, 9.17) is 29.5 Å². The van der Waals surface area contributed by atoms with E-state index in [1.54, 1.807) is 30.8 Å². The number of aryl methyl sites for hydroxylation is 1. The first kappa shape index (κ1) is 27.9. The van der Waals surface area contributed by atoms with Gasteiger partial charge in [-0.3, -0.25) is 14.9 Å². The Hall–Kier alpha value is -3.87. The fourth-order valence-corrected chi connectivity index (χ4v) is 7.54. The highest BCUT2D eigenvalue weighted by molar-refractivity contribution is 7.22. The van der Waals surface area contributed by atoms with Gasteiger partial charge in [0.1, 0.15) is 11.3 Å². The number of hydrogen-bond acceptors (Lipinski definition) is 11. The number of aromatic nitrogens is 6. The molecule has 1 unspecified atom stereocenters. The minimum absolute atomic E-state index is 0. The molecule has 8 heterocycles. The predicted molar refractivity (Wildman–Crippen MR) is 173 cm³/mol. The highest BCUT2D eigenvalue weighted by Crippen LogP contribution is 2.41. The Kier molecular flexibility index (Phi) is 7.36. The first-order valence-corrected chi connectivity index (χ1v) is 15.8. The summed E-state index contributed by atoms with van der Waals surface area (Å²) in [7, 11) is 3.89. The Morgan fingerprint density at radius 3 is 2.63 bits per heavy atom. The van der Waals surface area contributed by atoms with E-state index >= 15 is 0 Å². The third kappa shape index (κ3) is 4.77. The number of hydrogen-bond donors (Lipinski definition) is 0. The Labute approximate surface area is 256 Å². The van der Waals surface area contributed by atoms with Crippen LogP contribution in [-0.4, -0.2) is 100 Å². The predicted octanol–water partition coefficient (Wildman–Crippen LogP) is 4.81. The summed E-state index contributed by atoms with van der Waals surface area (Å²) in [6.45, 7) is 11.1. The van der Waals surface area contributed by atoms with E-state index in [1.165, 1.54) is 6.42 Å². The summed E-state index contributed by atoms with van der Waals surface area (Å²) < 4.78 is 14.3. The molecular formula is C31H39N9O2S. The van der Waals surface area contributed by atoms with Gasteiger partial charge in [-0.15, -0.1) is 0 Å². The van der Waals surface area contributed by atoms with Gasteiger partial charge in [0.2, 0.25) is 0 Å². The molecule has 2 bridgehead atoms. The summed E-state index contributed by atoms with van der Waals surface area (Å²) in [5, 5.41) is 6.88. The van der Waals surface area contributed by atoms with Crippen LogP contribution in [0.5, 0.6) is 5.75 Å². The first-order valence-electron chi connectivity index (χ1n) is 15.0. The summed E-state index contributed by atoms with van der Waals surface area (Å²) in [6.07, 6.45) is 6.59. The molecule has 0 spiro atoms. The first-order chi connectivity index (χ1) is 21.1. The maximum atomic E-state index is 5.67. The summed E-state index contributed by atoms with van der Waals surface area (Å²) in [5.41, 5.74) is 4.40. The molecule has 0 amide bonds. The number of morpholine rings is 1. The van der Waals surface area contributed by atoms with Crippen LogP contribution in [0.3, 0.4) is 0 Å². The van der Waals surface area contributed by atoms with Gasteiger partial charge in [0, 0.05) is 69.2 Å². The van der Waals surface area contributed by atoms with Gasteiger partial charge in [-0.1, -0.05) is 25.2 Å². The molecule has 0 N–H and O–H groups in total. The molecule has 0 aromatic carbocycles. The number of anilines is 2. The van der Waals surface area contributed by atoms with E-state index in [0.29, 0.717) is 25.3 Å². The van der Waals surface area contributed by atoms with Gasteiger partial charge in [0.15, 0.2) is 16.8 Å². The van der Waals surface area contributed by atoms with E-state index < -0.39 is 0 Å². The van der Waals surface area contributed by atoms with Gasteiger partial charge in [-0.2, -0.15) is 5.10 Å². The van der Waals surface area contributed by atoms with Crippen LogP contribution >= 0.6 is 11.3 Å². The normalized spacial score (nSPS) is 20.2. The number of piperazine rings is 1.